The number of hydrogen-bond donors (Lipinski definition) is 2. The van der Waals surface area contributed by atoms with Crippen molar-refractivity contribution in [3.8, 4) is 0 Å². The van der Waals surface area contributed by atoms with Crippen LogP contribution in [0.5, 0.6) is 0 Å². The molecule has 126 valence electrons. The monoisotopic (exact) mass is 346 g/mol. The summed E-state index contributed by atoms with van der Waals surface area (Å²) in [6.07, 6.45) is 1.05. The highest BCUT2D eigenvalue weighted by Gasteiger charge is 2.26. The van der Waals surface area contributed by atoms with E-state index < -0.39 is 5.97 Å². The Morgan fingerprint density at radius 2 is 2.04 bits per heavy atom. The van der Waals surface area contributed by atoms with Crippen molar-refractivity contribution in [3.63, 3.8) is 0 Å². The predicted octanol–water partition coefficient (Wildman–Crippen LogP) is 3.04. The number of thiazole rings is 1. The zero-order chi connectivity index (χ0) is 17.3. The SMILES string of the molecule is C[C@@H]1Cc2nc(NC(=O)Cc3ccc(C(=O)O)cc3)sc2[C@H](C)O1. The minimum Gasteiger partial charge on any atom is -0.478 e. The average Bonchev–Trinajstić information content (AvgIpc) is 2.90. The molecule has 1 aliphatic rings. The van der Waals surface area contributed by atoms with Gasteiger partial charge in [-0.05, 0) is 31.5 Å². The lowest BCUT2D eigenvalue weighted by Crippen LogP contribution is -2.21. The second-order valence-corrected chi connectivity index (χ2v) is 6.88. The van der Waals surface area contributed by atoms with Gasteiger partial charge in [0, 0.05) is 6.42 Å². The Morgan fingerprint density at radius 1 is 1.33 bits per heavy atom. The van der Waals surface area contributed by atoms with Crippen LogP contribution in [0, 0.1) is 0 Å². The Morgan fingerprint density at radius 3 is 2.71 bits per heavy atom. The average molecular weight is 346 g/mol. The molecule has 0 spiro atoms. The van der Waals surface area contributed by atoms with Crippen LogP contribution in [-0.2, 0) is 22.4 Å². The summed E-state index contributed by atoms with van der Waals surface area (Å²) in [5, 5.41) is 12.3. The van der Waals surface area contributed by atoms with Crippen LogP contribution in [0.1, 0.15) is 46.4 Å². The molecule has 6 nitrogen and oxygen atoms in total. The molecule has 1 amide bonds. The van der Waals surface area contributed by atoms with E-state index in [2.05, 4.69) is 10.3 Å². The fraction of sp³-hybridized carbons (Fsp3) is 0.353. The van der Waals surface area contributed by atoms with Crippen molar-refractivity contribution < 1.29 is 19.4 Å². The summed E-state index contributed by atoms with van der Waals surface area (Å²) in [5.41, 5.74) is 1.95. The van der Waals surface area contributed by atoms with Crippen molar-refractivity contribution in [2.75, 3.05) is 5.32 Å². The van der Waals surface area contributed by atoms with Gasteiger partial charge >= 0.3 is 5.97 Å². The minimum absolute atomic E-state index is 0.00420. The smallest absolute Gasteiger partial charge is 0.335 e. The predicted molar refractivity (Wildman–Crippen MR) is 90.5 cm³/mol. The van der Waals surface area contributed by atoms with Crippen LogP contribution in [0.15, 0.2) is 24.3 Å². The van der Waals surface area contributed by atoms with Crippen LogP contribution in [0.2, 0.25) is 0 Å². The molecule has 0 saturated heterocycles. The number of nitrogens with zero attached hydrogens (tertiary/aromatic N) is 1. The zero-order valence-electron chi connectivity index (χ0n) is 13.4. The molecule has 0 unspecified atom stereocenters. The minimum atomic E-state index is -0.982. The molecule has 2 N–H and O–H groups in total. The zero-order valence-corrected chi connectivity index (χ0v) is 14.2. The van der Waals surface area contributed by atoms with E-state index in [0.717, 1.165) is 22.6 Å². The Hall–Kier alpha value is -2.25. The van der Waals surface area contributed by atoms with Gasteiger partial charge in [0.25, 0.3) is 0 Å². The van der Waals surface area contributed by atoms with Gasteiger partial charge in [0.1, 0.15) is 0 Å². The second kappa shape index (κ2) is 6.70. The third kappa shape index (κ3) is 3.63. The first-order valence-corrected chi connectivity index (χ1v) is 8.51. The lowest BCUT2D eigenvalue weighted by molar-refractivity contribution is -0.115. The summed E-state index contributed by atoms with van der Waals surface area (Å²) in [7, 11) is 0. The summed E-state index contributed by atoms with van der Waals surface area (Å²) in [6.45, 7) is 4.00. The third-order valence-electron chi connectivity index (χ3n) is 3.83. The Kier molecular flexibility index (Phi) is 4.64. The van der Waals surface area contributed by atoms with E-state index in [1.165, 1.54) is 23.5 Å². The highest BCUT2D eigenvalue weighted by molar-refractivity contribution is 7.16. The number of hydrogen-bond acceptors (Lipinski definition) is 5. The number of benzene rings is 1. The van der Waals surface area contributed by atoms with Crippen LogP contribution in [0.4, 0.5) is 5.13 Å². The molecule has 1 aromatic heterocycles. The molecule has 0 fully saturated rings. The number of aromatic nitrogens is 1. The Labute approximate surface area is 143 Å². The lowest BCUT2D eigenvalue weighted by Gasteiger charge is -2.23. The van der Waals surface area contributed by atoms with Crippen molar-refractivity contribution in [1.29, 1.82) is 0 Å². The molecule has 0 radical (unpaired) electrons. The molecule has 2 aromatic rings. The van der Waals surface area contributed by atoms with Crippen LogP contribution in [0.3, 0.4) is 0 Å². The number of anilines is 1. The molecule has 0 saturated carbocycles. The number of carbonyl (C=O) groups is 2. The molecular formula is C17H18N2O4S. The molecule has 0 aliphatic carbocycles. The number of nitrogens with one attached hydrogen (secondary N) is 1. The van der Waals surface area contributed by atoms with Gasteiger partial charge in [0.05, 0.1) is 34.8 Å². The van der Waals surface area contributed by atoms with E-state index >= 15 is 0 Å². The fourth-order valence-electron chi connectivity index (χ4n) is 2.73. The van der Waals surface area contributed by atoms with E-state index in [1.807, 2.05) is 13.8 Å². The first kappa shape index (κ1) is 16.6. The van der Waals surface area contributed by atoms with Gasteiger partial charge < -0.3 is 15.2 Å². The van der Waals surface area contributed by atoms with E-state index in [9.17, 15) is 9.59 Å². The molecule has 3 rings (SSSR count). The summed E-state index contributed by atoms with van der Waals surface area (Å²) >= 11 is 1.44. The number of carboxylic acid groups (broad SMARTS) is 1. The number of ether oxygens (including phenoxy) is 1. The molecule has 2 atom stereocenters. The standard InChI is InChI=1S/C17H18N2O4S/c1-9-7-13-15(10(2)23-9)24-17(18-13)19-14(20)8-11-3-5-12(6-4-11)16(21)22/h3-6,9-10H,7-8H2,1-2H3,(H,21,22)(H,18,19,20)/t9-,10+/m1/s1. The molecule has 1 aliphatic heterocycles. The maximum atomic E-state index is 12.2. The first-order chi connectivity index (χ1) is 11.4. The second-order valence-electron chi connectivity index (χ2n) is 5.85. The first-order valence-electron chi connectivity index (χ1n) is 7.69. The maximum Gasteiger partial charge on any atom is 0.335 e. The number of rotatable bonds is 4. The van der Waals surface area contributed by atoms with Crippen molar-refractivity contribution in [3.05, 3.63) is 46.0 Å². The molecule has 7 heteroatoms. The van der Waals surface area contributed by atoms with Gasteiger partial charge in [-0.1, -0.05) is 23.5 Å². The molecular weight excluding hydrogens is 328 g/mol. The van der Waals surface area contributed by atoms with Gasteiger partial charge in [0.2, 0.25) is 5.91 Å². The number of carboxylic acids is 1. The number of carbonyl (C=O) groups excluding carboxylic acids is 1. The van der Waals surface area contributed by atoms with Gasteiger partial charge in [-0.25, -0.2) is 9.78 Å². The maximum absolute atomic E-state index is 12.2. The number of fused-ring (bicyclic) bond motifs is 1. The van der Waals surface area contributed by atoms with Crippen molar-refractivity contribution in [2.45, 2.75) is 38.9 Å². The summed E-state index contributed by atoms with van der Waals surface area (Å²) in [5.74, 6) is -1.16. The fourth-order valence-corrected chi connectivity index (χ4v) is 3.72. The van der Waals surface area contributed by atoms with Gasteiger partial charge in [-0.15, -0.1) is 0 Å². The van der Waals surface area contributed by atoms with Crippen molar-refractivity contribution >= 4 is 28.3 Å². The van der Waals surface area contributed by atoms with Crippen LogP contribution >= 0.6 is 11.3 Å². The van der Waals surface area contributed by atoms with E-state index in [4.69, 9.17) is 9.84 Å². The highest BCUT2D eigenvalue weighted by Crippen LogP contribution is 2.36. The normalized spacial score (nSPS) is 19.6. The largest absolute Gasteiger partial charge is 0.478 e. The highest BCUT2D eigenvalue weighted by atomic mass is 32.1. The Bertz CT molecular complexity index is 769. The lowest BCUT2D eigenvalue weighted by atomic mass is 10.1. The van der Waals surface area contributed by atoms with Gasteiger partial charge in [0.15, 0.2) is 5.13 Å². The third-order valence-corrected chi connectivity index (χ3v) is 5.00. The van der Waals surface area contributed by atoms with E-state index in [0.29, 0.717) is 5.13 Å². The molecule has 2 heterocycles. The van der Waals surface area contributed by atoms with Gasteiger partial charge in [-0.3, -0.25) is 4.79 Å². The van der Waals surface area contributed by atoms with Crippen LogP contribution in [0.25, 0.3) is 0 Å². The molecule has 24 heavy (non-hydrogen) atoms. The van der Waals surface area contributed by atoms with Gasteiger partial charge in [-0.2, -0.15) is 0 Å². The van der Waals surface area contributed by atoms with E-state index in [1.54, 1.807) is 12.1 Å². The number of aromatic carboxylic acids is 1. The number of amides is 1. The quantitative estimate of drug-likeness (QED) is 0.888. The Balaban J connectivity index is 1.65. The molecule has 0 bridgehead atoms. The summed E-state index contributed by atoms with van der Waals surface area (Å²) in [6, 6.07) is 6.28. The van der Waals surface area contributed by atoms with E-state index in [-0.39, 0.29) is 30.1 Å². The summed E-state index contributed by atoms with van der Waals surface area (Å²) in [4.78, 5) is 28.6. The topological polar surface area (TPSA) is 88.5 Å². The van der Waals surface area contributed by atoms with Crippen molar-refractivity contribution in [2.24, 2.45) is 0 Å². The summed E-state index contributed by atoms with van der Waals surface area (Å²) < 4.78 is 5.77. The van der Waals surface area contributed by atoms with Crippen molar-refractivity contribution in [1.82, 2.24) is 4.98 Å². The molecule has 1 aromatic carbocycles. The van der Waals surface area contributed by atoms with Crippen LogP contribution < -0.4 is 5.32 Å². The van der Waals surface area contributed by atoms with Crippen LogP contribution in [-0.4, -0.2) is 28.1 Å².